The molecular formula is C12H15Cl2NO2. The second kappa shape index (κ2) is 5.80. The lowest BCUT2D eigenvalue weighted by Gasteiger charge is -2.22. The van der Waals surface area contributed by atoms with E-state index in [-0.39, 0.29) is 22.1 Å². The fourth-order valence-corrected chi connectivity index (χ4v) is 1.74. The second-order valence-corrected chi connectivity index (χ2v) is 5.21. The van der Waals surface area contributed by atoms with Gasteiger partial charge in [0.1, 0.15) is 5.69 Å². The molecule has 0 aliphatic rings. The van der Waals surface area contributed by atoms with Crippen LogP contribution in [0, 0.1) is 0 Å². The summed E-state index contributed by atoms with van der Waals surface area (Å²) in [5, 5.41) is 0.710. The third-order valence-corrected chi connectivity index (χ3v) is 3.07. The van der Waals surface area contributed by atoms with Crippen LogP contribution in [0.15, 0.2) is 12.3 Å². The van der Waals surface area contributed by atoms with E-state index in [1.807, 2.05) is 13.8 Å². The number of carbonyl (C=O) groups is 1. The van der Waals surface area contributed by atoms with Crippen molar-refractivity contribution in [2.75, 3.05) is 7.11 Å². The number of carbonyl (C=O) groups excluding carboxylic acids is 1. The molecule has 0 aliphatic heterocycles. The Morgan fingerprint density at radius 1 is 1.47 bits per heavy atom. The van der Waals surface area contributed by atoms with Crippen molar-refractivity contribution in [1.82, 2.24) is 4.98 Å². The number of aromatic nitrogens is 1. The van der Waals surface area contributed by atoms with E-state index in [0.717, 1.165) is 0 Å². The molecule has 0 spiro atoms. The summed E-state index contributed by atoms with van der Waals surface area (Å²) in [4.78, 5) is 15.8. The van der Waals surface area contributed by atoms with Crippen LogP contribution in [0.4, 0.5) is 0 Å². The number of hydrogen-bond donors (Lipinski definition) is 0. The zero-order chi connectivity index (χ0) is 13.1. The predicted octanol–water partition coefficient (Wildman–Crippen LogP) is 3.78. The van der Waals surface area contributed by atoms with Crippen LogP contribution >= 0.6 is 23.2 Å². The van der Waals surface area contributed by atoms with Crippen LogP contribution in [0.3, 0.4) is 0 Å². The number of ketones is 1. The van der Waals surface area contributed by atoms with E-state index in [0.29, 0.717) is 17.9 Å². The van der Waals surface area contributed by atoms with Crippen molar-refractivity contribution < 1.29 is 9.53 Å². The summed E-state index contributed by atoms with van der Waals surface area (Å²) in [5.41, 5.74) is -0.0582. The fourth-order valence-electron chi connectivity index (χ4n) is 1.25. The molecule has 0 saturated carbocycles. The number of ether oxygens (including phenoxy) is 1. The van der Waals surface area contributed by atoms with E-state index >= 15 is 0 Å². The van der Waals surface area contributed by atoms with Crippen molar-refractivity contribution in [3.05, 3.63) is 28.0 Å². The second-order valence-electron chi connectivity index (χ2n) is 4.37. The molecule has 3 nitrogen and oxygen atoms in total. The Morgan fingerprint density at radius 3 is 2.65 bits per heavy atom. The summed E-state index contributed by atoms with van der Waals surface area (Å²) in [6.07, 6.45) is 2.38. The molecule has 0 atom stereocenters. The normalized spacial score (nSPS) is 11.6. The first kappa shape index (κ1) is 14.4. The van der Waals surface area contributed by atoms with Crippen molar-refractivity contribution in [2.45, 2.75) is 32.3 Å². The van der Waals surface area contributed by atoms with Crippen LogP contribution in [0.2, 0.25) is 10.0 Å². The third-order valence-electron chi connectivity index (χ3n) is 2.58. The molecule has 0 fully saturated rings. The minimum atomic E-state index is -0.325. The highest BCUT2D eigenvalue weighted by molar-refractivity contribution is 6.36. The summed E-state index contributed by atoms with van der Waals surface area (Å²) in [5.74, 6) is -0.100. The SMILES string of the molecule is COC(C)(C)CCC(=O)c1ncc(Cl)cc1Cl. The minimum Gasteiger partial charge on any atom is -0.379 e. The lowest BCUT2D eigenvalue weighted by atomic mass is 9.99. The van der Waals surface area contributed by atoms with Crippen molar-refractivity contribution in [1.29, 1.82) is 0 Å². The molecule has 1 rings (SSSR count). The standard InChI is InChI=1S/C12H15Cl2NO2/c1-12(2,17-3)5-4-10(16)11-9(14)6-8(13)7-15-11/h6-7H,4-5H2,1-3H3. The van der Waals surface area contributed by atoms with E-state index in [9.17, 15) is 4.79 Å². The molecule has 0 saturated heterocycles. The Morgan fingerprint density at radius 2 is 2.12 bits per heavy atom. The van der Waals surface area contributed by atoms with E-state index in [1.54, 1.807) is 7.11 Å². The van der Waals surface area contributed by atoms with Crippen molar-refractivity contribution in [3.63, 3.8) is 0 Å². The Bertz CT molecular complexity index is 419. The molecular weight excluding hydrogens is 261 g/mol. The number of pyridine rings is 1. The summed E-state index contributed by atoms with van der Waals surface area (Å²) < 4.78 is 5.25. The van der Waals surface area contributed by atoms with Crippen LogP contribution in [0.5, 0.6) is 0 Å². The third kappa shape index (κ3) is 4.26. The average Bonchev–Trinajstić information content (AvgIpc) is 2.26. The monoisotopic (exact) mass is 275 g/mol. The van der Waals surface area contributed by atoms with Gasteiger partial charge in [-0.2, -0.15) is 0 Å². The number of methoxy groups -OCH3 is 1. The number of nitrogens with zero attached hydrogens (tertiary/aromatic N) is 1. The molecule has 0 aliphatic carbocycles. The average molecular weight is 276 g/mol. The van der Waals surface area contributed by atoms with Gasteiger partial charge in [0.25, 0.3) is 0 Å². The summed E-state index contributed by atoms with van der Waals surface area (Å²) >= 11 is 11.6. The van der Waals surface area contributed by atoms with Gasteiger partial charge >= 0.3 is 0 Å². The highest BCUT2D eigenvalue weighted by Gasteiger charge is 2.20. The van der Waals surface area contributed by atoms with Gasteiger partial charge in [0.2, 0.25) is 0 Å². The Labute approximate surface area is 111 Å². The van der Waals surface area contributed by atoms with E-state index in [2.05, 4.69) is 4.98 Å². The van der Waals surface area contributed by atoms with Gasteiger partial charge in [0.15, 0.2) is 5.78 Å². The smallest absolute Gasteiger partial charge is 0.182 e. The van der Waals surface area contributed by atoms with Crippen LogP contribution < -0.4 is 0 Å². The van der Waals surface area contributed by atoms with Gasteiger partial charge in [-0.1, -0.05) is 23.2 Å². The number of Topliss-reactive ketones (excluding diaryl/α,β-unsaturated/α-hetero) is 1. The maximum atomic E-state index is 11.9. The summed E-state index contributed by atoms with van der Waals surface area (Å²) in [7, 11) is 1.62. The highest BCUT2D eigenvalue weighted by Crippen LogP contribution is 2.22. The first-order chi connectivity index (χ1) is 7.85. The van der Waals surface area contributed by atoms with Crippen LogP contribution in [0.25, 0.3) is 0 Å². The molecule has 5 heteroatoms. The molecule has 1 heterocycles. The number of halogens is 2. The first-order valence-electron chi connectivity index (χ1n) is 5.25. The molecule has 0 aromatic carbocycles. The quantitative estimate of drug-likeness (QED) is 0.768. The van der Waals surface area contributed by atoms with Crippen molar-refractivity contribution in [3.8, 4) is 0 Å². The summed E-state index contributed by atoms with van der Waals surface area (Å²) in [6.45, 7) is 3.86. The Balaban J connectivity index is 2.71. The van der Waals surface area contributed by atoms with Gasteiger partial charge in [-0.15, -0.1) is 0 Å². The van der Waals surface area contributed by atoms with Crippen molar-refractivity contribution in [2.24, 2.45) is 0 Å². The zero-order valence-electron chi connectivity index (χ0n) is 10.1. The fraction of sp³-hybridized carbons (Fsp3) is 0.500. The maximum absolute atomic E-state index is 11.9. The zero-order valence-corrected chi connectivity index (χ0v) is 11.6. The topological polar surface area (TPSA) is 39.2 Å². The van der Waals surface area contributed by atoms with Gasteiger partial charge in [0, 0.05) is 19.7 Å². The molecule has 1 aromatic heterocycles. The van der Waals surface area contributed by atoms with Crippen LogP contribution in [-0.4, -0.2) is 23.5 Å². The molecule has 0 unspecified atom stereocenters. The molecule has 17 heavy (non-hydrogen) atoms. The minimum absolute atomic E-state index is 0.100. The lowest BCUT2D eigenvalue weighted by Crippen LogP contribution is -2.23. The largest absolute Gasteiger partial charge is 0.379 e. The Hall–Kier alpha value is -0.640. The maximum Gasteiger partial charge on any atom is 0.182 e. The molecule has 94 valence electrons. The summed E-state index contributed by atoms with van der Waals surface area (Å²) in [6, 6.07) is 1.52. The van der Waals surface area contributed by atoms with Gasteiger partial charge in [-0.05, 0) is 26.3 Å². The van der Waals surface area contributed by atoms with Crippen molar-refractivity contribution >= 4 is 29.0 Å². The van der Waals surface area contributed by atoms with Gasteiger partial charge in [-0.25, -0.2) is 0 Å². The molecule has 0 N–H and O–H groups in total. The van der Waals surface area contributed by atoms with E-state index < -0.39 is 0 Å². The molecule has 0 radical (unpaired) electrons. The number of hydrogen-bond acceptors (Lipinski definition) is 3. The molecule has 0 bridgehead atoms. The lowest BCUT2D eigenvalue weighted by molar-refractivity contribution is 0.0141. The van der Waals surface area contributed by atoms with E-state index in [1.165, 1.54) is 12.3 Å². The van der Waals surface area contributed by atoms with Gasteiger partial charge in [0.05, 0.1) is 15.6 Å². The molecule has 0 amide bonds. The van der Waals surface area contributed by atoms with Crippen LogP contribution in [-0.2, 0) is 4.74 Å². The Kier molecular flexibility index (Phi) is 4.92. The predicted molar refractivity (Wildman–Crippen MR) is 68.9 cm³/mol. The van der Waals surface area contributed by atoms with Crippen LogP contribution in [0.1, 0.15) is 37.2 Å². The highest BCUT2D eigenvalue weighted by atomic mass is 35.5. The van der Waals surface area contributed by atoms with E-state index in [4.69, 9.17) is 27.9 Å². The number of rotatable bonds is 5. The first-order valence-corrected chi connectivity index (χ1v) is 6.01. The van der Waals surface area contributed by atoms with Gasteiger partial charge in [-0.3, -0.25) is 9.78 Å². The van der Waals surface area contributed by atoms with Gasteiger partial charge < -0.3 is 4.74 Å². The molecule has 1 aromatic rings.